The van der Waals surface area contributed by atoms with Crippen molar-refractivity contribution in [2.24, 2.45) is 0 Å². The van der Waals surface area contributed by atoms with Crippen LogP contribution in [-0.2, 0) is 25.6 Å². The van der Waals surface area contributed by atoms with Crippen LogP contribution in [0.25, 0.3) is 0 Å². The first-order valence-corrected chi connectivity index (χ1v) is 7.13. The molecule has 0 amide bonds. The van der Waals surface area contributed by atoms with Gasteiger partial charge in [0.1, 0.15) is 24.4 Å². The van der Waals surface area contributed by atoms with Gasteiger partial charge >= 0.3 is 0 Å². The first-order valence-electron chi connectivity index (χ1n) is 7.13. The molecular weight excluding hydrogens is 272 g/mol. The van der Waals surface area contributed by atoms with Crippen molar-refractivity contribution in [1.82, 2.24) is 0 Å². The van der Waals surface area contributed by atoms with Crippen molar-refractivity contribution in [3.63, 3.8) is 0 Å². The van der Waals surface area contributed by atoms with Crippen molar-refractivity contribution < 1.29 is 24.1 Å². The van der Waals surface area contributed by atoms with Gasteiger partial charge in [0, 0.05) is 0 Å². The zero-order chi connectivity index (χ0) is 14.7. The van der Waals surface area contributed by atoms with Gasteiger partial charge in [-0.15, -0.1) is 6.58 Å². The van der Waals surface area contributed by atoms with Gasteiger partial charge < -0.3 is 24.1 Å². The highest BCUT2D eigenvalue weighted by molar-refractivity contribution is 5.13. The summed E-state index contributed by atoms with van der Waals surface area (Å²) in [5.74, 6) is 0. The van der Waals surface area contributed by atoms with Gasteiger partial charge in [-0.3, -0.25) is 0 Å². The van der Waals surface area contributed by atoms with E-state index >= 15 is 0 Å². The third kappa shape index (κ3) is 3.17. The van der Waals surface area contributed by atoms with Crippen LogP contribution in [0.4, 0.5) is 0 Å². The van der Waals surface area contributed by atoms with Crippen LogP contribution >= 0.6 is 0 Å². The predicted octanol–water partition coefficient (Wildman–Crippen LogP) is 1.26. The molecule has 2 aliphatic rings. The van der Waals surface area contributed by atoms with Gasteiger partial charge in [-0.05, 0) is 5.56 Å². The van der Waals surface area contributed by atoms with E-state index in [1.165, 1.54) is 0 Å². The predicted molar refractivity (Wildman–Crippen MR) is 75.6 cm³/mol. The Bertz CT molecular complexity index is 463. The zero-order valence-corrected chi connectivity index (χ0v) is 11.8. The molecule has 0 spiro atoms. The number of fused-ring (bicyclic) bond motifs is 2. The van der Waals surface area contributed by atoms with Crippen LogP contribution in [0.3, 0.4) is 0 Å². The molecule has 21 heavy (non-hydrogen) atoms. The van der Waals surface area contributed by atoms with Crippen molar-refractivity contribution in [3.05, 3.63) is 48.6 Å². The maximum atomic E-state index is 10.3. The number of ether oxygens (including phenoxy) is 4. The summed E-state index contributed by atoms with van der Waals surface area (Å²) in [5, 5.41) is 10.3. The van der Waals surface area contributed by atoms with Gasteiger partial charge in [0.2, 0.25) is 0 Å². The summed E-state index contributed by atoms with van der Waals surface area (Å²) < 4.78 is 22.6. The average molecular weight is 292 g/mol. The summed E-state index contributed by atoms with van der Waals surface area (Å²) in [4.78, 5) is 0. The maximum absolute atomic E-state index is 10.3. The molecule has 1 N–H and O–H groups in total. The lowest BCUT2D eigenvalue weighted by molar-refractivity contribution is -0.250. The average Bonchev–Trinajstić information content (AvgIpc) is 2.96. The summed E-state index contributed by atoms with van der Waals surface area (Å²) >= 11 is 0. The Labute approximate surface area is 124 Å². The molecule has 0 radical (unpaired) electrons. The Hall–Kier alpha value is -1.24. The molecule has 0 unspecified atom stereocenters. The fraction of sp³-hybridized carbons (Fsp3) is 0.500. The summed E-state index contributed by atoms with van der Waals surface area (Å²) in [6.07, 6.45) is -0.861. The van der Waals surface area contributed by atoms with Crippen molar-refractivity contribution in [1.29, 1.82) is 0 Å². The molecule has 0 saturated carbocycles. The number of aliphatic hydroxyl groups is 1. The van der Waals surface area contributed by atoms with E-state index < -0.39 is 18.5 Å². The fourth-order valence-electron chi connectivity index (χ4n) is 2.69. The molecular formula is C16H20O5. The largest absolute Gasteiger partial charge is 0.385 e. The van der Waals surface area contributed by atoms with Crippen molar-refractivity contribution >= 4 is 0 Å². The van der Waals surface area contributed by atoms with E-state index in [-0.39, 0.29) is 12.2 Å². The third-order valence-electron chi connectivity index (χ3n) is 3.73. The van der Waals surface area contributed by atoms with E-state index in [1.807, 2.05) is 30.3 Å². The van der Waals surface area contributed by atoms with Gasteiger partial charge in [-0.25, -0.2) is 0 Å². The van der Waals surface area contributed by atoms with Gasteiger partial charge in [-0.1, -0.05) is 36.4 Å². The molecule has 5 atom stereocenters. The second-order valence-electron chi connectivity index (χ2n) is 5.21. The number of hydrogen-bond donors (Lipinski definition) is 1. The molecule has 0 aromatic heterocycles. The maximum Gasteiger partial charge on any atom is 0.186 e. The van der Waals surface area contributed by atoms with E-state index in [0.717, 1.165) is 5.56 Å². The minimum Gasteiger partial charge on any atom is -0.385 e. The molecule has 1 aromatic carbocycles. The summed E-state index contributed by atoms with van der Waals surface area (Å²) in [5.41, 5.74) is 1.05. The lowest BCUT2D eigenvalue weighted by Gasteiger charge is -2.38. The SMILES string of the molecule is C=CCO[C@H]1[C@H](OCc2ccccc2)[C@@H](O)[C@@H]2OC[C@H]1O2. The van der Waals surface area contributed by atoms with Gasteiger partial charge in [0.15, 0.2) is 6.29 Å². The lowest BCUT2D eigenvalue weighted by atomic mass is 10.0. The Morgan fingerprint density at radius 1 is 1.24 bits per heavy atom. The number of benzene rings is 1. The first kappa shape index (κ1) is 14.7. The molecule has 2 heterocycles. The molecule has 1 aromatic rings. The highest BCUT2D eigenvalue weighted by Crippen LogP contribution is 2.32. The van der Waals surface area contributed by atoms with E-state index in [0.29, 0.717) is 19.8 Å². The van der Waals surface area contributed by atoms with E-state index in [2.05, 4.69) is 6.58 Å². The number of aliphatic hydroxyl groups excluding tert-OH is 1. The highest BCUT2D eigenvalue weighted by atomic mass is 16.7. The molecule has 2 bridgehead atoms. The van der Waals surface area contributed by atoms with Crippen LogP contribution in [0.1, 0.15) is 5.56 Å². The van der Waals surface area contributed by atoms with Crippen LogP contribution in [-0.4, -0.2) is 49.0 Å². The van der Waals surface area contributed by atoms with Crippen molar-refractivity contribution in [3.8, 4) is 0 Å². The van der Waals surface area contributed by atoms with E-state index in [1.54, 1.807) is 6.08 Å². The number of rotatable bonds is 6. The van der Waals surface area contributed by atoms with Crippen LogP contribution < -0.4 is 0 Å². The van der Waals surface area contributed by atoms with E-state index in [9.17, 15) is 5.11 Å². The molecule has 114 valence electrons. The van der Waals surface area contributed by atoms with Crippen LogP contribution in [0, 0.1) is 0 Å². The van der Waals surface area contributed by atoms with Gasteiger partial charge in [-0.2, -0.15) is 0 Å². The van der Waals surface area contributed by atoms with Crippen LogP contribution in [0.15, 0.2) is 43.0 Å². The minimum atomic E-state index is -0.859. The van der Waals surface area contributed by atoms with Gasteiger partial charge in [0.25, 0.3) is 0 Å². The Kier molecular flexibility index (Phi) is 4.67. The molecule has 2 aliphatic heterocycles. The minimum absolute atomic E-state index is 0.209. The molecule has 2 saturated heterocycles. The summed E-state index contributed by atoms with van der Waals surface area (Å²) in [6.45, 7) is 4.85. The normalized spacial score (nSPS) is 34.8. The second kappa shape index (κ2) is 6.68. The van der Waals surface area contributed by atoms with Crippen LogP contribution in [0.2, 0.25) is 0 Å². The first-order chi connectivity index (χ1) is 10.3. The summed E-state index contributed by atoms with van der Waals surface area (Å²) in [7, 11) is 0. The molecule has 5 heteroatoms. The van der Waals surface area contributed by atoms with E-state index in [4.69, 9.17) is 18.9 Å². The monoisotopic (exact) mass is 292 g/mol. The quantitative estimate of drug-likeness (QED) is 0.800. The number of hydrogen-bond acceptors (Lipinski definition) is 5. The fourth-order valence-corrected chi connectivity index (χ4v) is 2.69. The Balaban J connectivity index is 1.68. The zero-order valence-electron chi connectivity index (χ0n) is 11.8. The second-order valence-corrected chi connectivity index (χ2v) is 5.21. The molecule has 5 nitrogen and oxygen atoms in total. The summed E-state index contributed by atoms with van der Waals surface area (Å²) in [6, 6.07) is 9.83. The van der Waals surface area contributed by atoms with Crippen LogP contribution in [0.5, 0.6) is 0 Å². The Morgan fingerprint density at radius 3 is 2.81 bits per heavy atom. The molecule has 2 fully saturated rings. The van der Waals surface area contributed by atoms with Crippen molar-refractivity contribution in [2.75, 3.05) is 13.2 Å². The smallest absolute Gasteiger partial charge is 0.186 e. The van der Waals surface area contributed by atoms with Crippen molar-refractivity contribution in [2.45, 2.75) is 37.3 Å². The topological polar surface area (TPSA) is 57.2 Å². The lowest BCUT2D eigenvalue weighted by Crippen LogP contribution is -2.56. The molecule has 0 aliphatic carbocycles. The Morgan fingerprint density at radius 2 is 2.05 bits per heavy atom. The molecule has 3 rings (SSSR count). The highest BCUT2D eigenvalue weighted by Gasteiger charge is 2.51. The third-order valence-corrected chi connectivity index (χ3v) is 3.73. The standard InChI is InChI=1S/C16H20O5/c1-2-8-18-14-12-10-20-16(21-12)13(17)15(14)19-9-11-6-4-3-5-7-11/h2-7,12-17H,1,8-10H2/t12-,13-,14-,15-,16-/m1/s1. The van der Waals surface area contributed by atoms with Gasteiger partial charge in [0.05, 0.1) is 19.8 Å².